The van der Waals surface area contributed by atoms with Crippen LogP contribution in [0.2, 0.25) is 0 Å². The summed E-state index contributed by atoms with van der Waals surface area (Å²) in [6.07, 6.45) is 1.84. The molecular weight excluding hydrogens is 206 g/mol. The van der Waals surface area contributed by atoms with Crippen molar-refractivity contribution in [3.8, 4) is 5.88 Å². The Balaban J connectivity index is 2.24. The molecule has 1 N–H and O–H groups in total. The maximum absolute atomic E-state index is 5.06. The number of hydrogen-bond acceptors (Lipinski definition) is 5. The molecule has 0 radical (unpaired) electrons. The minimum absolute atomic E-state index is 0.482. The van der Waals surface area contributed by atoms with Crippen molar-refractivity contribution in [3.05, 3.63) is 24.0 Å². The van der Waals surface area contributed by atoms with Gasteiger partial charge in [-0.1, -0.05) is 0 Å². The van der Waals surface area contributed by atoms with Crippen molar-refractivity contribution in [2.24, 2.45) is 7.05 Å². The van der Waals surface area contributed by atoms with Gasteiger partial charge in [-0.05, 0) is 6.92 Å². The van der Waals surface area contributed by atoms with Crippen molar-refractivity contribution >= 4 is 11.8 Å². The van der Waals surface area contributed by atoms with Crippen LogP contribution in [0, 0.1) is 6.92 Å². The zero-order valence-electron chi connectivity index (χ0n) is 9.43. The fourth-order valence-corrected chi connectivity index (χ4v) is 1.30. The van der Waals surface area contributed by atoms with Crippen LogP contribution in [0.15, 0.2) is 18.3 Å². The lowest BCUT2D eigenvalue weighted by molar-refractivity contribution is 0.397. The van der Waals surface area contributed by atoms with E-state index in [0.29, 0.717) is 17.6 Å². The molecule has 0 unspecified atom stereocenters. The van der Waals surface area contributed by atoms with Gasteiger partial charge in [0.1, 0.15) is 0 Å². The standard InChI is InChI=1S/C10H13N5O/c1-7-6-9(16-3)13-10(11-7)12-8-4-5-15(2)14-8/h4-6H,1-3H3,(H,11,12,13,14). The second-order valence-electron chi connectivity index (χ2n) is 3.37. The van der Waals surface area contributed by atoms with Gasteiger partial charge in [-0.15, -0.1) is 0 Å². The van der Waals surface area contributed by atoms with Gasteiger partial charge in [-0.25, -0.2) is 4.98 Å². The Morgan fingerprint density at radius 2 is 2.19 bits per heavy atom. The molecule has 0 amide bonds. The van der Waals surface area contributed by atoms with Crippen LogP contribution in [-0.4, -0.2) is 26.9 Å². The van der Waals surface area contributed by atoms with Crippen molar-refractivity contribution in [2.75, 3.05) is 12.4 Å². The minimum Gasteiger partial charge on any atom is -0.481 e. The first-order valence-corrected chi connectivity index (χ1v) is 4.84. The van der Waals surface area contributed by atoms with Gasteiger partial charge in [0.2, 0.25) is 11.8 Å². The summed E-state index contributed by atoms with van der Waals surface area (Å²) in [6.45, 7) is 1.88. The van der Waals surface area contributed by atoms with Crippen molar-refractivity contribution in [1.82, 2.24) is 19.7 Å². The van der Waals surface area contributed by atoms with Crippen molar-refractivity contribution in [1.29, 1.82) is 0 Å². The first-order chi connectivity index (χ1) is 7.67. The molecule has 0 fully saturated rings. The van der Waals surface area contributed by atoms with E-state index in [4.69, 9.17) is 4.74 Å². The van der Waals surface area contributed by atoms with Gasteiger partial charge < -0.3 is 10.1 Å². The monoisotopic (exact) mass is 219 g/mol. The minimum atomic E-state index is 0.482. The Morgan fingerprint density at radius 1 is 1.38 bits per heavy atom. The quantitative estimate of drug-likeness (QED) is 0.842. The van der Waals surface area contributed by atoms with E-state index in [0.717, 1.165) is 5.69 Å². The molecule has 2 aromatic rings. The average molecular weight is 219 g/mol. The highest BCUT2D eigenvalue weighted by Crippen LogP contribution is 2.14. The lowest BCUT2D eigenvalue weighted by atomic mass is 10.4. The van der Waals surface area contributed by atoms with Crippen LogP contribution in [0.5, 0.6) is 5.88 Å². The molecule has 0 saturated heterocycles. The summed E-state index contributed by atoms with van der Waals surface area (Å²) in [7, 11) is 3.43. The number of ether oxygens (including phenoxy) is 1. The van der Waals surface area contributed by atoms with E-state index < -0.39 is 0 Å². The van der Waals surface area contributed by atoms with Gasteiger partial charge in [-0.2, -0.15) is 10.1 Å². The molecular formula is C10H13N5O. The maximum Gasteiger partial charge on any atom is 0.231 e. The predicted octanol–water partition coefficient (Wildman–Crippen LogP) is 1.27. The van der Waals surface area contributed by atoms with Gasteiger partial charge >= 0.3 is 0 Å². The summed E-state index contributed by atoms with van der Waals surface area (Å²) in [5, 5.41) is 7.18. The molecule has 16 heavy (non-hydrogen) atoms. The molecule has 2 heterocycles. The van der Waals surface area contributed by atoms with Crippen molar-refractivity contribution in [3.63, 3.8) is 0 Å². The first kappa shape index (κ1) is 10.4. The highest BCUT2D eigenvalue weighted by Gasteiger charge is 2.04. The van der Waals surface area contributed by atoms with E-state index in [1.807, 2.05) is 26.2 Å². The molecule has 0 bridgehead atoms. The zero-order valence-corrected chi connectivity index (χ0v) is 9.43. The van der Waals surface area contributed by atoms with Gasteiger partial charge in [0, 0.05) is 31.1 Å². The van der Waals surface area contributed by atoms with Gasteiger partial charge in [0.25, 0.3) is 0 Å². The second-order valence-corrected chi connectivity index (χ2v) is 3.37. The Morgan fingerprint density at radius 3 is 2.81 bits per heavy atom. The first-order valence-electron chi connectivity index (χ1n) is 4.84. The fourth-order valence-electron chi connectivity index (χ4n) is 1.30. The smallest absolute Gasteiger partial charge is 0.231 e. The summed E-state index contributed by atoms with van der Waals surface area (Å²) < 4.78 is 6.77. The second kappa shape index (κ2) is 4.18. The molecule has 0 aromatic carbocycles. The highest BCUT2D eigenvalue weighted by molar-refractivity contribution is 5.47. The third-order valence-corrected chi connectivity index (χ3v) is 1.99. The summed E-state index contributed by atoms with van der Waals surface area (Å²) >= 11 is 0. The number of aromatic nitrogens is 4. The largest absolute Gasteiger partial charge is 0.481 e. The number of methoxy groups -OCH3 is 1. The number of nitrogens with zero attached hydrogens (tertiary/aromatic N) is 4. The van der Waals surface area contributed by atoms with Crippen LogP contribution in [0.25, 0.3) is 0 Å². The van der Waals surface area contributed by atoms with Crippen LogP contribution < -0.4 is 10.1 Å². The molecule has 0 aliphatic carbocycles. The highest BCUT2D eigenvalue weighted by atomic mass is 16.5. The fraction of sp³-hybridized carbons (Fsp3) is 0.300. The van der Waals surface area contributed by atoms with E-state index in [1.165, 1.54) is 0 Å². The summed E-state index contributed by atoms with van der Waals surface area (Å²) in [5.74, 6) is 1.72. The van der Waals surface area contributed by atoms with E-state index in [9.17, 15) is 0 Å². The third-order valence-electron chi connectivity index (χ3n) is 1.99. The Hall–Kier alpha value is -2.11. The molecule has 0 aliphatic heterocycles. The molecule has 6 heteroatoms. The molecule has 0 atom stereocenters. The van der Waals surface area contributed by atoms with Crippen LogP contribution >= 0.6 is 0 Å². The van der Waals surface area contributed by atoms with Crippen LogP contribution in [0.4, 0.5) is 11.8 Å². The number of hydrogen-bond donors (Lipinski definition) is 1. The van der Waals surface area contributed by atoms with Gasteiger partial charge in [0.15, 0.2) is 5.82 Å². The molecule has 0 saturated carbocycles. The number of aryl methyl sites for hydroxylation is 2. The van der Waals surface area contributed by atoms with E-state index >= 15 is 0 Å². The SMILES string of the molecule is COc1cc(C)nc(Nc2ccn(C)n2)n1. The van der Waals surface area contributed by atoms with E-state index in [2.05, 4.69) is 20.4 Å². The van der Waals surface area contributed by atoms with Gasteiger partial charge in [0.05, 0.1) is 7.11 Å². The molecule has 84 valence electrons. The Kier molecular flexibility index (Phi) is 2.72. The molecule has 0 spiro atoms. The third kappa shape index (κ3) is 2.28. The van der Waals surface area contributed by atoms with Crippen molar-refractivity contribution in [2.45, 2.75) is 6.92 Å². The summed E-state index contributed by atoms with van der Waals surface area (Å²) in [4.78, 5) is 8.40. The molecule has 0 aliphatic rings. The van der Waals surface area contributed by atoms with Gasteiger partial charge in [-0.3, -0.25) is 4.68 Å². The lowest BCUT2D eigenvalue weighted by Gasteiger charge is -2.04. The topological polar surface area (TPSA) is 64.9 Å². The zero-order chi connectivity index (χ0) is 11.5. The maximum atomic E-state index is 5.06. The lowest BCUT2D eigenvalue weighted by Crippen LogP contribution is -2.01. The number of rotatable bonds is 3. The van der Waals surface area contributed by atoms with Crippen LogP contribution in [-0.2, 0) is 7.05 Å². The van der Waals surface area contributed by atoms with Crippen LogP contribution in [0.1, 0.15) is 5.69 Å². The number of anilines is 2. The molecule has 6 nitrogen and oxygen atoms in total. The predicted molar refractivity (Wildman–Crippen MR) is 59.8 cm³/mol. The summed E-state index contributed by atoms with van der Waals surface area (Å²) in [6, 6.07) is 3.61. The van der Waals surface area contributed by atoms with Crippen LogP contribution in [0.3, 0.4) is 0 Å². The van der Waals surface area contributed by atoms with E-state index in [1.54, 1.807) is 17.9 Å². The summed E-state index contributed by atoms with van der Waals surface area (Å²) in [5.41, 5.74) is 0.838. The average Bonchev–Trinajstić information content (AvgIpc) is 2.63. The number of nitrogens with one attached hydrogen (secondary N) is 1. The van der Waals surface area contributed by atoms with E-state index in [-0.39, 0.29) is 0 Å². The Bertz CT molecular complexity index is 494. The molecule has 2 aromatic heterocycles. The molecule has 2 rings (SSSR count). The Labute approximate surface area is 93.3 Å². The normalized spacial score (nSPS) is 10.2. The van der Waals surface area contributed by atoms with Crippen molar-refractivity contribution < 1.29 is 4.74 Å².